The van der Waals surface area contributed by atoms with Crippen molar-refractivity contribution in [2.45, 2.75) is 31.6 Å². The summed E-state index contributed by atoms with van der Waals surface area (Å²) in [6.45, 7) is 2.02. The second-order valence-corrected chi connectivity index (χ2v) is 7.45. The Balaban J connectivity index is 1.67. The van der Waals surface area contributed by atoms with Crippen LogP contribution in [0.3, 0.4) is 0 Å². The molecule has 0 heterocycles. The molecule has 3 rings (SSSR count). The van der Waals surface area contributed by atoms with E-state index >= 15 is 0 Å². The number of carbonyl (C=O) groups is 2. The summed E-state index contributed by atoms with van der Waals surface area (Å²) < 4.78 is 0. The number of aryl methyl sites for hydroxylation is 1. The van der Waals surface area contributed by atoms with Crippen molar-refractivity contribution in [3.8, 4) is 0 Å². The van der Waals surface area contributed by atoms with Crippen LogP contribution in [-0.2, 0) is 15.0 Å². The molecule has 0 atom stereocenters. The van der Waals surface area contributed by atoms with Gasteiger partial charge >= 0.3 is 0 Å². The Bertz CT molecular complexity index is 796. The number of likely N-dealkylation sites (N-methyl/N-ethyl adjacent to an activating group) is 1. The van der Waals surface area contributed by atoms with Crippen LogP contribution in [0.5, 0.6) is 0 Å². The van der Waals surface area contributed by atoms with Crippen LogP contribution in [0.25, 0.3) is 0 Å². The van der Waals surface area contributed by atoms with Crippen molar-refractivity contribution in [1.29, 1.82) is 0 Å². The number of benzene rings is 2. The monoisotopic (exact) mass is 370 g/mol. The van der Waals surface area contributed by atoms with Gasteiger partial charge in [-0.25, -0.2) is 0 Å². The van der Waals surface area contributed by atoms with Gasteiger partial charge in [-0.1, -0.05) is 47.9 Å². The van der Waals surface area contributed by atoms with Crippen molar-refractivity contribution in [3.63, 3.8) is 0 Å². The summed E-state index contributed by atoms with van der Waals surface area (Å²) >= 11 is 5.97. The standard InChI is InChI=1S/C21H23ClN2O2/c1-15-4-10-18(11-5-15)23-19(25)14-24(2)20(26)21(12-3-13-21)16-6-8-17(22)9-7-16/h4-11H,3,12-14H2,1-2H3,(H,23,25). The van der Waals surface area contributed by atoms with Gasteiger partial charge in [-0.05, 0) is 49.6 Å². The Labute approximate surface area is 159 Å². The van der Waals surface area contributed by atoms with E-state index in [1.54, 1.807) is 7.05 Å². The highest BCUT2D eigenvalue weighted by Gasteiger charge is 2.47. The van der Waals surface area contributed by atoms with Gasteiger partial charge in [0.2, 0.25) is 11.8 Å². The number of hydrogen-bond donors (Lipinski definition) is 1. The van der Waals surface area contributed by atoms with Gasteiger partial charge in [-0.2, -0.15) is 0 Å². The van der Waals surface area contributed by atoms with Crippen LogP contribution in [0, 0.1) is 6.92 Å². The summed E-state index contributed by atoms with van der Waals surface area (Å²) in [4.78, 5) is 26.9. The second-order valence-electron chi connectivity index (χ2n) is 7.02. The number of rotatable bonds is 5. The number of carbonyl (C=O) groups excluding carboxylic acids is 2. The molecule has 5 heteroatoms. The van der Waals surface area contributed by atoms with Gasteiger partial charge in [0.15, 0.2) is 0 Å². The third-order valence-electron chi connectivity index (χ3n) is 5.08. The van der Waals surface area contributed by atoms with Crippen LogP contribution < -0.4 is 5.32 Å². The van der Waals surface area contributed by atoms with Gasteiger partial charge in [0.05, 0.1) is 12.0 Å². The SMILES string of the molecule is Cc1ccc(NC(=O)CN(C)C(=O)C2(c3ccc(Cl)cc3)CCC2)cc1. The fraction of sp³-hybridized carbons (Fsp3) is 0.333. The summed E-state index contributed by atoms with van der Waals surface area (Å²) in [5, 5.41) is 3.49. The van der Waals surface area contributed by atoms with E-state index in [2.05, 4.69) is 5.32 Å². The van der Waals surface area contributed by atoms with E-state index in [1.165, 1.54) is 4.90 Å². The lowest BCUT2D eigenvalue weighted by Crippen LogP contribution is -2.51. The molecule has 2 aromatic rings. The van der Waals surface area contributed by atoms with Crippen LogP contribution in [0.1, 0.15) is 30.4 Å². The Morgan fingerprint density at radius 2 is 1.69 bits per heavy atom. The molecule has 1 saturated carbocycles. The fourth-order valence-electron chi connectivity index (χ4n) is 3.42. The molecule has 0 saturated heterocycles. The number of halogens is 1. The van der Waals surface area contributed by atoms with Gasteiger partial charge in [-0.15, -0.1) is 0 Å². The topological polar surface area (TPSA) is 49.4 Å². The average Bonchev–Trinajstić information content (AvgIpc) is 2.57. The normalized spacial score (nSPS) is 15.0. The molecule has 1 aliphatic rings. The van der Waals surface area contributed by atoms with E-state index in [4.69, 9.17) is 11.6 Å². The molecule has 26 heavy (non-hydrogen) atoms. The third kappa shape index (κ3) is 3.75. The smallest absolute Gasteiger partial charge is 0.243 e. The van der Waals surface area contributed by atoms with E-state index in [-0.39, 0.29) is 18.4 Å². The highest BCUT2D eigenvalue weighted by Crippen LogP contribution is 2.45. The summed E-state index contributed by atoms with van der Waals surface area (Å²) in [7, 11) is 1.69. The highest BCUT2D eigenvalue weighted by atomic mass is 35.5. The minimum Gasteiger partial charge on any atom is -0.336 e. The number of amides is 2. The van der Waals surface area contributed by atoms with Crippen LogP contribution in [0.15, 0.2) is 48.5 Å². The molecule has 0 spiro atoms. The maximum absolute atomic E-state index is 13.1. The van der Waals surface area contributed by atoms with E-state index in [0.29, 0.717) is 5.02 Å². The Kier molecular flexibility index (Phi) is 5.33. The number of anilines is 1. The maximum Gasteiger partial charge on any atom is 0.243 e. The van der Waals surface area contributed by atoms with E-state index < -0.39 is 5.41 Å². The van der Waals surface area contributed by atoms with Gasteiger partial charge < -0.3 is 10.2 Å². The maximum atomic E-state index is 13.1. The molecule has 2 aromatic carbocycles. The van der Waals surface area contributed by atoms with E-state index in [9.17, 15) is 9.59 Å². The molecule has 1 aliphatic carbocycles. The van der Waals surface area contributed by atoms with Gasteiger partial charge in [0.25, 0.3) is 0 Å². The number of hydrogen-bond acceptors (Lipinski definition) is 2. The van der Waals surface area contributed by atoms with E-state index in [0.717, 1.165) is 36.1 Å². The van der Waals surface area contributed by atoms with Gasteiger partial charge in [-0.3, -0.25) is 9.59 Å². The van der Waals surface area contributed by atoms with Crippen molar-refractivity contribution >= 4 is 29.1 Å². The lowest BCUT2D eigenvalue weighted by Gasteiger charge is -2.43. The first-order valence-electron chi connectivity index (χ1n) is 8.79. The Morgan fingerprint density at radius 3 is 2.23 bits per heavy atom. The molecule has 0 aromatic heterocycles. The average molecular weight is 371 g/mol. The first-order chi connectivity index (χ1) is 12.4. The molecule has 0 aliphatic heterocycles. The zero-order chi connectivity index (χ0) is 18.7. The van der Waals surface area contributed by atoms with Crippen LogP contribution in [0.2, 0.25) is 5.02 Å². The molecule has 0 radical (unpaired) electrons. The van der Waals surface area contributed by atoms with Crippen LogP contribution in [-0.4, -0.2) is 30.3 Å². The largest absolute Gasteiger partial charge is 0.336 e. The predicted molar refractivity (Wildman–Crippen MR) is 104 cm³/mol. The molecular formula is C21H23ClN2O2. The van der Waals surface area contributed by atoms with Gasteiger partial charge in [0, 0.05) is 17.8 Å². The fourth-order valence-corrected chi connectivity index (χ4v) is 3.54. The number of nitrogens with zero attached hydrogens (tertiary/aromatic N) is 1. The molecule has 0 unspecified atom stereocenters. The molecule has 4 nitrogen and oxygen atoms in total. The van der Waals surface area contributed by atoms with Crippen molar-refractivity contribution in [1.82, 2.24) is 4.90 Å². The van der Waals surface area contributed by atoms with Crippen molar-refractivity contribution in [3.05, 3.63) is 64.7 Å². The Morgan fingerprint density at radius 1 is 1.08 bits per heavy atom. The van der Waals surface area contributed by atoms with Gasteiger partial charge in [0.1, 0.15) is 0 Å². The predicted octanol–water partition coefficient (Wildman–Crippen LogP) is 4.17. The summed E-state index contributed by atoms with van der Waals surface area (Å²) in [6, 6.07) is 15.1. The van der Waals surface area contributed by atoms with E-state index in [1.807, 2.05) is 55.5 Å². The molecule has 0 bridgehead atoms. The summed E-state index contributed by atoms with van der Waals surface area (Å²) in [6.07, 6.45) is 2.62. The lowest BCUT2D eigenvalue weighted by atomic mass is 9.63. The first kappa shape index (κ1) is 18.5. The molecule has 136 valence electrons. The first-order valence-corrected chi connectivity index (χ1v) is 9.17. The second kappa shape index (κ2) is 7.50. The summed E-state index contributed by atoms with van der Waals surface area (Å²) in [5.74, 6) is -0.208. The zero-order valence-corrected chi connectivity index (χ0v) is 15.8. The zero-order valence-electron chi connectivity index (χ0n) is 15.1. The molecule has 1 N–H and O–H groups in total. The van der Waals surface area contributed by atoms with Crippen molar-refractivity contribution in [2.24, 2.45) is 0 Å². The van der Waals surface area contributed by atoms with Crippen molar-refractivity contribution < 1.29 is 9.59 Å². The molecule has 1 fully saturated rings. The molecular weight excluding hydrogens is 348 g/mol. The quantitative estimate of drug-likeness (QED) is 0.858. The minimum absolute atomic E-state index is 0.00914. The minimum atomic E-state index is -0.524. The lowest BCUT2D eigenvalue weighted by molar-refractivity contribution is -0.141. The van der Waals surface area contributed by atoms with Crippen LogP contribution >= 0.6 is 11.6 Å². The summed E-state index contributed by atoms with van der Waals surface area (Å²) in [5.41, 5.74) is 2.32. The highest BCUT2D eigenvalue weighted by molar-refractivity contribution is 6.30. The third-order valence-corrected chi connectivity index (χ3v) is 5.33. The number of nitrogens with one attached hydrogen (secondary N) is 1. The van der Waals surface area contributed by atoms with Crippen LogP contribution in [0.4, 0.5) is 5.69 Å². The van der Waals surface area contributed by atoms with Crippen molar-refractivity contribution in [2.75, 3.05) is 18.9 Å². The molecule has 2 amide bonds. The Hall–Kier alpha value is -2.33.